The molecule has 0 spiro atoms. The number of benzene rings is 1. The standard InChI is InChI=1S/C19H13ClN8O/c1-11-6-12(26-18-17-14(22-9-24-18)8-21-19(20)27-17)2-3-15(11)29-13-4-5-28-16(7-13)23-10-25-28/h2-10H,1H3,(H,22,24,26). The Bertz CT molecular complexity index is 1350. The van der Waals surface area contributed by atoms with E-state index in [0.29, 0.717) is 22.6 Å². The topological polar surface area (TPSA) is 103 Å². The lowest BCUT2D eigenvalue weighted by Crippen LogP contribution is -1.99. The first-order valence-electron chi connectivity index (χ1n) is 8.64. The maximum atomic E-state index is 6.01. The fourth-order valence-electron chi connectivity index (χ4n) is 2.89. The third-order valence-electron chi connectivity index (χ3n) is 4.27. The molecule has 0 aliphatic rings. The second-order valence-electron chi connectivity index (χ2n) is 6.23. The van der Waals surface area contributed by atoms with Gasteiger partial charge >= 0.3 is 0 Å². The first kappa shape index (κ1) is 17.3. The van der Waals surface area contributed by atoms with Crippen molar-refractivity contribution in [2.45, 2.75) is 6.92 Å². The summed E-state index contributed by atoms with van der Waals surface area (Å²) >= 11 is 5.91. The highest BCUT2D eigenvalue weighted by Crippen LogP contribution is 2.29. The molecule has 29 heavy (non-hydrogen) atoms. The average molecular weight is 405 g/mol. The second kappa shape index (κ2) is 6.95. The van der Waals surface area contributed by atoms with Gasteiger partial charge in [-0.3, -0.25) is 0 Å². The molecular weight excluding hydrogens is 392 g/mol. The number of hydrogen-bond acceptors (Lipinski definition) is 8. The SMILES string of the molecule is Cc1cc(Nc2ncnc3cnc(Cl)nc23)ccc1Oc1ccn2ncnc2c1. The minimum atomic E-state index is 0.139. The third kappa shape index (κ3) is 3.39. The largest absolute Gasteiger partial charge is 0.457 e. The Kier molecular flexibility index (Phi) is 4.14. The molecule has 5 aromatic rings. The van der Waals surface area contributed by atoms with Gasteiger partial charge in [0, 0.05) is 18.0 Å². The Morgan fingerprint density at radius 3 is 2.86 bits per heavy atom. The number of hydrogen-bond donors (Lipinski definition) is 1. The van der Waals surface area contributed by atoms with Gasteiger partial charge in [-0.05, 0) is 48.4 Å². The van der Waals surface area contributed by atoms with Crippen LogP contribution in [0.15, 0.2) is 55.4 Å². The number of nitrogens with zero attached hydrogens (tertiary/aromatic N) is 7. The molecule has 0 saturated carbocycles. The van der Waals surface area contributed by atoms with E-state index in [9.17, 15) is 0 Å². The van der Waals surface area contributed by atoms with E-state index in [2.05, 4.69) is 35.3 Å². The van der Waals surface area contributed by atoms with Crippen molar-refractivity contribution in [1.29, 1.82) is 0 Å². The molecule has 5 rings (SSSR count). The van der Waals surface area contributed by atoms with E-state index in [4.69, 9.17) is 16.3 Å². The number of aryl methyl sites for hydroxylation is 1. The van der Waals surface area contributed by atoms with Crippen molar-refractivity contribution in [1.82, 2.24) is 34.5 Å². The van der Waals surface area contributed by atoms with Gasteiger partial charge < -0.3 is 10.1 Å². The monoisotopic (exact) mass is 404 g/mol. The van der Waals surface area contributed by atoms with Gasteiger partial charge in [-0.25, -0.2) is 29.4 Å². The van der Waals surface area contributed by atoms with Crippen LogP contribution in [0, 0.1) is 6.92 Å². The molecule has 1 N–H and O–H groups in total. The Hall–Kier alpha value is -3.85. The number of pyridine rings is 1. The summed E-state index contributed by atoms with van der Waals surface area (Å²) in [4.78, 5) is 20.8. The third-order valence-corrected chi connectivity index (χ3v) is 4.45. The van der Waals surface area contributed by atoms with Gasteiger partial charge in [0.1, 0.15) is 35.2 Å². The van der Waals surface area contributed by atoms with Crippen LogP contribution in [0.25, 0.3) is 16.7 Å². The predicted molar refractivity (Wildman–Crippen MR) is 108 cm³/mol. The molecule has 0 aliphatic carbocycles. The zero-order valence-corrected chi connectivity index (χ0v) is 15.9. The Morgan fingerprint density at radius 1 is 1.03 bits per heavy atom. The van der Waals surface area contributed by atoms with E-state index in [0.717, 1.165) is 22.6 Å². The predicted octanol–water partition coefficient (Wildman–Crippen LogP) is 3.96. The quantitative estimate of drug-likeness (QED) is 0.449. The van der Waals surface area contributed by atoms with E-state index >= 15 is 0 Å². The highest BCUT2D eigenvalue weighted by atomic mass is 35.5. The summed E-state index contributed by atoms with van der Waals surface area (Å²) in [6, 6.07) is 9.41. The van der Waals surface area contributed by atoms with E-state index in [1.165, 1.54) is 12.7 Å². The molecule has 0 fully saturated rings. The van der Waals surface area contributed by atoms with Crippen molar-refractivity contribution in [3.63, 3.8) is 0 Å². The molecule has 0 radical (unpaired) electrons. The number of fused-ring (bicyclic) bond motifs is 2. The molecule has 0 bridgehead atoms. The molecule has 0 atom stereocenters. The van der Waals surface area contributed by atoms with E-state index in [1.807, 2.05) is 37.3 Å². The van der Waals surface area contributed by atoms with Crippen molar-refractivity contribution in [2.75, 3.05) is 5.32 Å². The molecule has 4 aromatic heterocycles. The summed E-state index contributed by atoms with van der Waals surface area (Å²) in [5.41, 5.74) is 3.65. The lowest BCUT2D eigenvalue weighted by molar-refractivity contribution is 0.478. The van der Waals surface area contributed by atoms with Gasteiger partial charge in [-0.2, -0.15) is 5.10 Å². The van der Waals surface area contributed by atoms with Gasteiger partial charge in [0.15, 0.2) is 11.5 Å². The van der Waals surface area contributed by atoms with Gasteiger partial charge in [0.25, 0.3) is 0 Å². The second-order valence-corrected chi connectivity index (χ2v) is 6.57. The van der Waals surface area contributed by atoms with E-state index in [1.54, 1.807) is 16.9 Å². The minimum absolute atomic E-state index is 0.139. The number of halogens is 1. The van der Waals surface area contributed by atoms with Crippen LogP contribution in [-0.4, -0.2) is 34.5 Å². The fraction of sp³-hybridized carbons (Fsp3) is 0.0526. The van der Waals surface area contributed by atoms with Crippen molar-refractivity contribution < 1.29 is 4.74 Å². The fourth-order valence-corrected chi connectivity index (χ4v) is 3.02. The Morgan fingerprint density at radius 2 is 1.97 bits per heavy atom. The molecule has 0 amide bonds. The van der Waals surface area contributed by atoms with Crippen molar-refractivity contribution in [2.24, 2.45) is 0 Å². The van der Waals surface area contributed by atoms with Crippen molar-refractivity contribution in [3.05, 3.63) is 66.2 Å². The molecule has 10 heteroatoms. The summed E-state index contributed by atoms with van der Waals surface area (Å²) in [7, 11) is 0. The van der Waals surface area contributed by atoms with Crippen LogP contribution < -0.4 is 10.1 Å². The van der Waals surface area contributed by atoms with Crippen LogP contribution >= 0.6 is 11.6 Å². The van der Waals surface area contributed by atoms with Crippen LogP contribution in [-0.2, 0) is 0 Å². The molecule has 0 unspecified atom stereocenters. The molecule has 1 aromatic carbocycles. The zero-order valence-electron chi connectivity index (χ0n) is 15.1. The van der Waals surface area contributed by atoms with Crippen LogP contribution in [0.4, 0.5) is 11.5 Å². The first-order valence-corrected chi connectivity index (χ1v) is 9.02. The van der Waals surface area contributed by atoms with Gasteiger partial charge in [0.2, 0.25) is 5.28 Å². The highest BCUT2D eigenvalue weighted by Gasteiger charge is 2.09. The molecule has 0 aliphatic heterocycles. The number of rotatable bonds is 4. The number of anilines is 2. The van der Waals surface area contributed by atoms with Crippen molar-refractivity contribution >= 4 is 39.8 Å². The molecule has 142 valence electrons. The lowest BCUT2D eigenvalue weighted by atomic mass is 10.2. The molecule has 0 saturated heterocycles. The lowest BCUT2D eigenvalue weighted by Gasteiger charge is -2.12. The maximum absolute atomic E-state index is 6.01. The van der Waals surface area contributed by atoms with Crippen LogP contribution in [0.3, 0.4) is 0 Å². The summed E-state index contributed by atoms with van der Waals surface area (Å²) in [5, 5.41) is 7.47. The number of nitrogens with one attached hydrogen (secondary N) is 1. The van der Waals surface area contributed by atoms with E-state index in [-0.39, 0.29) is 5.28 Å². The van der Waals surface area contributed by atoms with Crippen LogP contribution in [0.1, 0.15) is 5.56 Å². The smallest absolute Gasteiger partial charge is 0.223 e. The Labute approximate surface area is 169 Å². The summed E-state index contributed by atoms with van der Waals surface area (Å²) in [5.74, 6) is 1.96. The van der Waals surface area contributed by atoms with Gasteiger partial charge in [-0.15, -0.1) is 0 Å². The number of aromatic nitrogens is 7. The van der Waals surface area contributed by atoms with Gasteiger partial charge in [-0.1, -0.05) is 0 Å². The summed E-state index contributed by atoms with van der Waals surface area (Å²) in [6.07, 6.45) is 6.31. The molecule has 4 heterocycles. The average Bonchev–Trinajstić information content (AvgIpc) is 3.18. The first-order chi connectivity index (χ1) is 14.2. The van der Waals surface area contributed by atoms with E-state index < -0.39 is 0 Å². The molecular formula is C19H13ClN8O. The minimum Gasteiger partial charge on any atom is -0.457 e. The van der Waals surface area contributed by atoms with Crippen LogP contribution in [0.2, 0.25) is 5.28 Å². The highest BCUT2D eigenvalue weighted by molar-refractivity contribution is 6.28. The summed E-state index contributed by atoms with van der Waals surface area (Å²) in [6.45, 7) is 1.97. The summed E-state index contributed by atoms with van der Waals surface area (Å²) < 4.78 is 7.68. The van der Waals surface area contributed by atoms with Gasteiger partial charge in [0.05, 0.1) is 6.20 Å². The van der Waals surface area contributed by atoms with Crippen LogP contribution in [0.5, 0.6) is 11.5 Å². The normalized spacial score (nSPS) is 11.1. The Balaban J connectivity index is 1.42. The zero-order chi connectivity index (χ0) is 19.8. The van der Waals surface area contributed by atoms with Crippen molar-refractivity contribution in [3.8, 4) is 11.5 Å². The number of ether oxygens (including phenoxy) is 1. The molecule has 9 nitrogen and oxygen atoms in total. The maximum Gasteiger partial charge on any atom is 0.223 e.